The molecule has 0 heterocycles. The normalized spacial score (nSPS) is 11.8. The topological polar surface area (TPSA) is 81.4 Å². The van der Waals surface area contributed by atoms with Crippen LogP contribution >= 0.6 is 0 Å². The molecule has 0 aliphatic rings. The molecule has 0 fully saturated rings. The molecular weight excluding hydrogens is 263 g/mol. The highest BCUT2D eigenvalue weighted by atomic mass is 19.1. The summed E-state index contributed by atoms with van der Waals surface area (Å²) < 4.78 is 17.9. The number of carbonyl (C=O) groups is 2. The molecule has 3 N–H and O–H groups in total. The molecule has 1 atom stereocenters. The summed E-state index contributed by atoms with van der Waals surface area (Å²) in [5, 5.41) is 2.56. The molecule has 0 aliphatic heterocycles. The standard InChI is InChI=1S/C14H19FN2O3/c1-3-4-5-12(16)13(18)17-9-6-7-11(15)10(8-9)14(19)20-2/h6-8,12H,3-5,16H2,1-2H3,(H,17,18). The number of nitrogens with two attached hydrogens (primary N) is 1. The Morgan fingerprint density at radius 2 is 2.15 bits per heavy atom. The largest absolute Gasteiger partial charge is 0.465 e. The van der Waals surface area contributed by atoms with Crippen LogP contribution in [0.4, 0.5) is 10.1 Å². The van der Waals surface area contributed by atoms with Gasteiger partial charge < -0.3 is 15.8 Å². The molecule has 1 rings (SSSR count). The van der Waals surface area contributed by atoms with E-state index in [2.05, 4.69) is 10.1 Å². The third kappa shape index (κ3) is 4.31. The molecule has 1 unspecified atom stereocenters. The summed E-state index contributed by atoms with van der Waals surface area (Å²) in [6.07, 6.45) is 2.38. The molecule has 1 amide bonds. The number of anilines is 1. The van der Waals surface area contributed by atoms with Gasteiger partial charge in [-0.2, -0.15) is 0 Å². The highest BCUT2D eigenvalue weighted by Crippen LogP contribution is 2.16. The highest BCUT2D eigenvalue weighted by molar-refractivity contribution is 5.96. The fraction of sp³-hybridized carbons (Fsp3) is 0.429. The second-order valence-electron chi connectivity index (χ2n) is 4.42. The summed E-state index contributed by atoms with van der Waals surface area (Å²) in [6, 6.07) is 3.07. The lowest BCUT2D eigenvalue weighted by Crippen LogP contribution is -2.35. The predicted octanol–water partition coefficient (Wildman–Crippen LogP) is 2.07. The molecule has 0 bridgehead atoms. The lowest BCUT2D eigenvalue weighted by molar-refractivity contribution is -0.117. The molecule has 20 heavy (non-hydrogen) atoms. The van der Waals surface area contributed by atoms with Gasteiger partial charge in [-0.1, -0.05) is 19.8 Å². The zero-order chi connectivity index (χ0) is 15.1. The fourth-order valence-electron chi connectivity index (χ4n) is 1.66. The number of benzene rings is 1. The minimum Gasteiger partial charge on any atom is -0.465 e. The van der Waals surface area contributed by atoms with Crippen LogP contribution in [-0.2, 0) is 9.53 Å². The Morgan fingerprint density at radius 1 is 1.45 bits per heavy atom. The van der Waals surface area contributed by atoms with Gasteiger partial charge >= 0.3 is 5.97 Å². The van der Waals surface area contributed by atoms with Crippen molar-refractivity contribution in [3.63, 3.8) is 0 Å². The van der Waals surface area contributed by atoms with E-state index in [1.165, 1.54) is 12.1 Å². The van der Waals surface area contributed by atoms with E-state index in [1.54, 1.807) is 0 Å². The Labute approximate surface area is 117 Å². The first-order chi connectivity index (χ1) is 9.49. The molecule has 5 nitrogen and oxygen atoms in total. The Balaban J connectivity index is 2.78. The summed E-state index contributed by atoms with van der Waals surface area (Å²) in [4.78, 5) is 23.2. The van der Waals surface area contributed by atoms with Gasteiger partial charge in [0.2, 0.25) is 5.91 Å². The van der Waals surface area contributed by atoms with Crippen molar-refractivity contribution < 1.29 is 18.7 Å². The molecule has 0 saturated heterocycles. The number of unbranched alkanes of at least 4 members (excludes halogenated alkanes) is 1. The van der Waals surface area contributed by atoms with Crippen LogP contribution in [0.3, 0.4) is 0 Å². The van der Waals surface area contributed by atoms with Crippen LogP contribution in [0, 0.1) is 5.82 Å². The van der Waals surface area contributed by atoms with Crippen molar-refractivity contribution >= 4 is 17.6 Å². The zero-order valence-corrected chi connectivity index (χ0v) is 11.6. The van der Waals surface area contributed by atoms with E-state index in [-0.39, 0.29) is 11.5 Å². The van der Waals surface area contributed by atoms with Crippen molar-refractivity contribution in [2.75, 3.05) is 12.4 Å². The smallest absolute Gasteiger partial charge is 0.340 e. The first kappa shape index (κ1) is 16.1. The summed E-state index contributed by atoms with van der Waals surface area (Å²) in [7, 11) is 1.16. The molecule has 0 saturated carbocycles. The summed E-state index contributed by atoms with van der Waals surface area (Å²) in [5.74, 6) is -1.86. The maximum absolute atomic E-state index is 13.4. The van der Waals surface area contributed by atoms with Crippen molar-refractivity contribution in [1.29, 1.82) is 0 Å². The van der Waals surface area contributed by atoms with Gasteiger partial charge in [0.15, 0.2) is 0 Å². The van der Waals surface area contributed by atoms with E-state index in [4.69, 9.17) is 5.73 Å². The summed E-state index contributed by atoms with van der Waals surface area (Å²) in [6.45, 7) is 2.01. The Bertz CT molecular complexity index is 491. The van der Waals surface area contributed by atoms with Crippen molar-refractivity contribution in [2.24, 2.45) is 5.73 Å². The molecule has 110 valence electrons. The van der Waals surface area contributed by atoms with E-state index < -0.39 is 17.8 Å². The van der Waals surface area contributed by atoms with Crippen molar-refractivity contribution in [2.45, 2.75) is 32.2 Å². The number of nitrogens with one attached hydrogen (secondary N) is 1. The number of amides is 1. The van der Waals surface area contributed by atoms with E-state index in [0.29, 0.717) is 12.1 Å². The maximum Gasteiger partial charge on any atom is 0.340 e. The Hall–Kier alpha value is -1.95. The molecule has 6 heteroatoms. The van der Waals surface area contributed by atoms with Gasteiger partial charge in [-0.15, -0.1) is 0 Å². The lowest BCUT2D eigenvalue weighted by atomic mass is 10.1. The second-order valence-corrected chi connectivity index (χ2v) is 4.42. The molecule has 0 spiro atoms. The van der Waals surface area contributed by atoms with Crippen LogP contribution in [0.5, 0.6) is 0 Å². The van der Waals surface area contributed by atoms with Crippen molar-refractivity contribution in [3.8, 4) is 0 Å². The van der Waals surface area contributed by atoms with Gasteiger partial charge in [0, 0.05) is 5.69 Å². The van der Waals surface area contributed by atoms with Crippen LogP contribution in [0.1, 0.15) is 36.5 Å². The molecule has 1 aromatic carbocycles. The number of methoxy groups -OCH3 is 1. The van der Waals surface area contributed by atoms with Crippen LogP contribution < -0.4 is 11.1 Å². The average molecular weight is 282 g/mol. The minimum absolute atomic E-state index is 0.229. The SMILES string of the molecule is CCCCC(N)C(=O)Nc1ccc(F)c(C(=O)OC)c1. The van der Waals surface area contributed by atoms with E-state index in [9.17, 15) is 14.0 Å². The number of carbonyl (C=O) groups excluding carboxylic acids is 2. The number of ether oxygens (including phenoxy) is 1. The molecule has 0 radical (unpaired) electrons. The van der Waals surface area contributed by atoms with Gasteiger partial charge in [0.1, 0.15) is 5.82 Å². The number of hydrogen-bond donors (Lipinski definition) is 2. The summed E-state index contributed by atoms with van der Waals surface area (Å²) in [5.41, 5.74) is 5.81. The zero-order valence-electron chi connectivity index (χ0n) is 11.6. The van der Waals surface area contributed by atoms with Crippen LogP contribution in [0.2, 0.25) is 0 Å². The molecule has 0 aliphatic carbocycles. The van der Waals surface area contributed by atoms with Crippen LogP contribution in [-0.4, -0.2) is 25.0 Å². The van der Waals surface area contributed by atoms with Gasteiger partial charge in [0.25, 0.3) is 0 Å². The number of rotatable bonds is 6. The van der Waals surface area contributed by atoms with Gasteiger partial charge in [-0.05, 0) is 24.6 Å². The lowest BCUT2D eigenvalue weighted by Gasteiger charge is -2.12. The highest BCUT2D eigenvalue weighted by Gasteiger charge is 2.16. The van der Waals surface area contributed by atoms with Gasteiger partial charge in [0.05, 0.1) is 18.7 Å². The van der Waals surface area contributed by atoms with Gasteiger partial charge in [-0.25, -0.2) is 9.18 Å². The van der Waals surface area contributed by atoms with E-state index in [1.807, 2.05) is 6.92 Å². The first-order valence-electron chi connectivity index (χ1n) is 6.44. The van der Waals surface area contributed by atoms with Gasteiger partial charge in [-0.3, -0.25) is 4.79 Å². The van der Waals surface area contributed by atoms with Crippen LogP contribution in [0.15, 0.2) is 18.2 Å². The van der Waals surface area contributed by atoms with Crippen molar-refractivity contribution in [3.05, 3.63) is 29.6 Å². The third-order valence-corrected chi connectivity index (χ3v) is 2.84. The number of hydrogen-bond acceptors (Lipinski definition) is 4. The monoisotopic (exact) mass is 282 g/mol. The van der Waals surface area contributed by atoms with E-state index in [0.717, 1.165) is 26.0 Å². The minimum atomic E-state index is -0.797. The van der Waals surface area contributed by atoms with Crippen molar-refractivity contribution in [1.82, 2.24) is 0 Å². The Morgan fingerprint density at radius 3 is 2.75 bits per heavy atom. The average Bonchev–Trinajstić information content (AvgIpc) is 2.45. The van der Waals surface area contributed by atoms with E-state index >= 15 is 0 Å². The number of halogens is 1. The summed E-state index contributed by atoms with van der Waals surface area (Å²) >= 11 is 0. The second kappa shape index (κ2) is 7.59. The van der Waals surface area contributed by atoms with Crippen LogP contribution in [0.25, 0.3) is 0 Å². The predicted molar refractivity (Wildman–Crippen MR) is 73.9 cm³/mol. The quantitative estimate of drug-likeness (QED) is 0.783. The maximum atomic E-state index is 13.4. The molecular formula is C14H19FN2O3. The first-order valence-corrected chi connectivity index (χ1v) is 6.44. The fourth-order valence-corrected chi connectivity index (χ4v) is 1.66. The third-order valence-electron chi connectivity index (χ3n) is 2.84. The Kier molecular flexibility index (Phi) is 6.11. The molecule has 1 aromatic rings. The molecule has 0 aromatic heterocycles. The number of esters is 1.